The Balaban J connectivity index is 1.16. The van der Waals surface area contributed by atoms with Crippen molar-refractivity contribution < 1.29 is 9.59 Å². The molecule has 0 aromatic heterocycles. The van der Waals surface area contributed by atoms with Crippen LogP contribution in [0, 0.1) is 11.8 Å². The first-order chi connectivity index (χ1) is 18.4. The second-order valence-corrected chi connectivity index (χ2v) is 10.9. The van der Waals surface area contributed by atoms with Crippen molar-refractivity contribution in [2.45, 2.75) is 52.6 Å². The lowest BCUT2D eigenvalue weighted by Gasteiger charge is -2.32. The molecule has 5 heteroatoms. The first-order valence-corrected chi connectivity index (χ1v) is 14.0. The molecular formula is C33H39N3O2. The highest BCUT2D eigenvalue weighted by atomic mass is 16.2. The maximum absolute atomic E-state index is 13.2. The minimum absolute atomic E-state index is 0.0508. The smallest absolute Gasteiger partial charge is 0.226 e. The average Bonchev–Trinajstić information content (AvgIpc) is 3.51. The number of nitrogens with zero attached hydrogens (tertiary/aromatic N) is 2. The molecule has 3 aromatic carbocycles. The van der Waals surface area contributed by atoms with E-state index in [0.717, 1.165) is 30.6 Å². The van der Waals surface area contributed by atoms with Gasteiger partial charge in [0.1, 0.15) is 0 Å². The molecule has 0 bridgehead atoms. The van der Waals surface area contributed by atoms with Crippen LogP contribution in [0.2, 0.25) is 0 Å². The van der Waals surface area contributed by atoms with Crippen LogP contribution in [-0.2, 0) is 22.6 Å². The first-order valence-electron chi connectivity index (χ1n) is 14.0. The average molecular weight is 510 g/mol. The fourth-order valence-electron chi connectivity index (χ4n) is 5.65. The van der Waals surface area contributed by atoms with Crippen molar-refractivity contribution >= 4 is 17.5 Å². The molecule has 0 radical (unpaired) electrons. The van der Waals surface area contributed by atoms with Crippen molar-refractivity contribution in [2.24, 2.45) is 11.8 Å². The molecule has 0 unspecified atom stereocenters. The maximum Gasteiger partial charge on any atom is 0.226 e. The van der Waals surface area contributed by atoms with Crippen LogP contribution in [0.3, 0.4) is 0 Å². The van der Waals surface area contributed by atoms with Gasteiger partial charge < -0.3 is 15.1 Å². The van der Waals surface area contributed by atoms with Gasteiger partial charge in [0.2, 0.25) is 11.8 Å². The molecule has 0 spiro atoms. The molecule has 5 nitrogen and oxygen atoms in total. The van der Waals surface area contributed by atoms with Crippen LogP contribution >= 0.6 is 0 Å². The third-order valence-electron chi connectivity index (χ3n) is 8.44. The first kappa shape index (κ1) is 26.0. The van der Waals surface area contributed by atoms with Gasteiger partial charge >= 0.3 is 0 Å². The van der Waals surface area contributed by atoms with Gasteiger partial charge in [-0.2, -0.15) is 0 Å². The maximum atomic E-state index is 13.2. The molecule has 1 fully saturated rings. The zero-order chi connectivity index (χ0) is 26.6. The lowest BCUT2D eigenvalue weighted by Crippen LogP contribution is -2.44. The quantitative estimate of drug-likeness (QED) is 0.426. The van der Waals surface area contributed by atoms with Crippen molar-refractivity contribution in [2.75, 3.05) is 24.5 Å². The minimum Gasteiger partial charge on any atom is -0.372 e. The molecule has 2 aliphatic rings. The predicted molar refractivity (Wildman–Crippen MR) is 154 cm³/mol. The summed E-state index contributed by atoms with van der Waals surface area (Å²) in [4.78, 5) is 30.7. The molecule has 38 heavy (non-hydrogen) atoms. The SMILES string of the molecule is C[C@@H](NC(=O)[C@H](C)[C@@H](C)C(=O)N1CCc2ccccc2C1)c1ccc(-c2ccc(N3CCCC3)cc2)cc1. The van der Waals surface area contributed by atoms with E-state index in [2.05, 4.69) is 70.9 Å². The van der Waals surface area contributed by atoms with Crippen LogP contribution < -0.4 is 10.2 Å². The van der Waals surface area contributed by atoms with E-state index in [1.165, 1.54) is 35.2 Å². The van der Waals surface area contributed by atoms with E-state index in [4.69, 9.17) is 0 Å². The molecule has 5 rings (SSSR count). The lowest BCUT2D eigenvalue weighted by atomic mass is 9.91. The zero-order valence-electron chi connectivity index (χ0n) is 22.8. The van der Waals surface area contributed by atoms with Gasteiger partial charge in [0.05, 0.1) is 6.04 Å². The number of fused-ring (bicyclic) bond motifs is 1. The Labute approximate surface area is 226 Å². The number of hydrogen-bond donors (Lipinski definition) is 1. The second-order valence-electron chi connectivity index (χ2n) is 10.9. The van der Waals surface area contributed by atoms with E-state index >= 15 is 0 Å². The minimum atomic E-state index is -0.407. The lowest BCUT2D eigenvalue weighted by molar-refractivity contribution is -0.141. The van der Waals surface area contributed by atoms with E-state index < -0.39 is 5.92 Å². The van der Waals surface area contributed by atoms with Crippen molar-refractivity contribution in [1.29, 1.82) is 0 Å². The highest BCUT2D eigenvalue weighted by molar-refractivity contribution is 5.87. The topological polar surface area (TPSA) is 52.7 Å². The highest BCUT2D eigenvalue weighted by Crippen LogP contribution is 2.27. The van der Waals surface area contributed by atoms with Crippen LogP contribution in [0.5, 0.6) is 0 Å². The summed E-state index contributed by atoms with van der Waals surface area (Å²) >= 11 is 0. The van der Waals surface area contributed by atoms with Crippen molar-refractivity contribution in [1.82, 2.24) is 10.2 Å². The van der Waals surface area contributed by atoms with Gasteiger partial charge in [-0.1, -0.05) is 74.5 Å². The van der Waals surface area contributed by atoms with Gasteiger partial charge in [0.25, 0.3) is 0 Å². The number of carbonyl (C=O) groups is 2. The van der Waals surface area contributed by atoms with E-state index in [0.29, 0.717) is 13.1 Å². The molecule has 198 valence electrons. The molecular weight excluding hydrogens is 470 g/mol. The van der Waals surface area contributed by atoms with Crippen LogP contribution in [0.4, 0.5) is 5.69 Å². The number of amides is 2. The summed E-state index contributed by atoms with van der Waals surface area (Å²) in [6.45, 7) is 9.36. The molecule has 2 aliphatic heterocycles. The summed E-state index contributed by atoms with van der Waals surface area (Å²) < 4.78 is 0. The Morgan fingerprint density at radius 1 is 0.737 bits per heavy atom. The van der Waals surface area contributed by atoms with Crippen molar-refractivity contribution in [3.05, 3.63) is 89.5 Å². The number of hydrogen-bond acceptors (Lipinski definition) is 3. The van der Waals surface area contributed by atoms with E-state index in [-0.39, 0.29) is 23.8 Å². The van der Waals surface area contributed by atoms with E-state index in [1.54, 1.807) is 0 Å². The van der Waals surface area contributed by atoms with Crippen LogP contribution in [0.15, 0.2) is 72.8 Å². The van der Waals surface area contributed by atoms with Gasteiger partial charge in [-0.3, -0.25) is 9.59 Å². The van der Waals surface area contributed by atoms with Gasteiger partial charge in [-0.05, 0) is 66.1 Å². The van der Waals surface area contributed by atoms with Crippen LogP contribution in [0.25, 0.3) is 11.1 Å². The number of anilines is 1. The molecule has 2 heterocycles. The predicted octanol–water partition coefficient (Wildman–Crippen LogP) is 5.99. The summed E-state index contributed by atoms with van der Waals surface area (Å²) in [5.74, 6) is -0.818. The summed E-state index contributed by atoms with van der Waals surface area (Å²) in [5.41, 5.74) is 7.22. The van der Waals surface area contributed by atoms with Gasteiger partial charge in [-0.25, -0.2) is 0 Å². The Bertz CT molecular complexity index is 1260. The normalized spacial score (nSPS) is 17.4. The number of nitrogens with one attached hydrogen (secondary N) is 1. The summed E-state index contributed by atoms with van der Waals surface area (Å²) in [7, 11) is 0. The van der Waals surface area contributed by atoms with Crippen LogP contribution in [0.1, 0.15) is 56.3 Å². The fourth-order valence-corrected chi connectivity index (χ4v) is 5.65. The number of rotatable bonds is 7. The summed E-state index contributed by atoms with van der Waals surface area (Å²) in [6.07, 6.45) is 3.42. The highest BCUT2D eigenvalue weighted by Gasteiger charge is 2.31. The molecule has 3 atom stereocenters. The third kappa shape index (κ3) is 5.62. The van der Waals surface area contributed by atoms with Crippen molar-refractivity contribution in [3.8, 4) is 11.1 Å². The number of carbonyl (C=O) groups excluding carboxylic acids is 2. The standard InChI is InChI=1S/C33H39N3O2/c1-23(24(2)33(38)36-21-18-27-8-4-5-9-30(27)22-36)32(37)34-25(3)26-10-12-28(13-11-26)29-14-16-31(17-15-29)35-19-6-7-20-35/h4-5,8-17,23-25H,6-7,18-22H2,1-3H3,(H,34,37)/t23-,24-,25-/m1/s1. The monoisotopic (exact) mass is 509 g/mol. The summed E-state index contributed by atoms with van der Waals surface area (Å²) in [6, 6.07) is 25.4. The zero-order valence-corrected chi connectivity index (χ0v) is 22.8. The molecule has 2 amide bonds. The largest absolute Gasteiger partial charge is 0.372 e. The van der Waals surface area contributed by atoms with Crippen molar-refractivity contribution in [3.63, 3.8) is 0 Å². The van der Waals surface area contributed by atoms with Gasteiger partial charge in [0.15, 0.2) is 0 Å². The molecule has 0 saturated carbocycles. The molecule has 3 aromatic rings. The molecule has 1 N–H and O–H groups in total. The number of benzene rings is 3. The Morgan fingerprint density at radius 3 is 2.00 bits per heavy atom. The molecule has 1 saturated heterocycles. The molecule has 0 aliphatic carbocycles. The van der Waals surface area contributed by atoms with E-state index in [9.17, 15) is 9.59 Å². The fraction of sp³-hybridized carbons (Fsp3) is 0.394. The van der Waals surface area contributed by atoms with Gasteiger partial charge in [-0.15, -0.1) is 0 Å². The third-order valence-corrected chi connectivity index (χ3v) is 8.44. The Kier molecular flexibility index (Phi) is 7.82. The Morgan fingerprint density at radius 2 is 1.34 bits per heavy atom. The van der Waals surface area contributed by atoms with Crippen LogP contribution in [-0.4, -0.2) is 36.3 Å². The Hall–Kier alpha value is -3.60. The summed E-state index contributed by atoms with van der Waals surface area (Å²) in [5, 5.41) is 3.13. The van der Waals surface area contributed by atoms with Gasteiger partial charge in [0, 0.05) is 43.7 Å². The second kappa shape index (κ2) is 11.4. The van der Waals surface area contributed by atoms with E-state index in [1.807, 2.05) is 37.8 Å².